The molecule has 3 rings (SSSR count). The first-order chi connectivity index (χ1) is 12.4. The van der Waals surface area contributed by atoms with Gasteiger partial charge in [0, 0.05) is 39.3 Å². The molecule has 0 aliphatic carbocycles. The fraction of sp³-hybridized carbons (Fsp3) is 1.00. The van der Waals surface area contributed by atoms with E-state index < -0.39 is 0 Å². The maximum absolute atomic E-state index is 2.78. The zero-order valence-corrected chi connectivity index (χ0v) is 16.6. The summed E-state index contributed by atoms with van der Waals surface area (Å²) in [6.45, 7) is 15.7. The zero-order valence-electron chi connectivity index (χ0n) is 16.6. The third kappa shape index (κ3) is 7.54. The van der Waals surface area contributed by atoms with Gasteiger partial charge in [0.15, 0.2) is 0 Å². The van der Waals surface area contributed by atoms with Crippen molar-refractivity contribution in [1.29, 1.82) is 0 Å². The Kier molecular flexibility index (Phi) is 9.04. The number of likely N-dealkylation sites (tertiary alicyclic amines) is 3. The van der Waals surface area contributed by atoms with Crippen LogP contribution in [0.4, 0.5) is 0 Å². The summed E-state index contributed by atoms with van der Waals surface area (Å²) in [6, 6.07) is 0. The number of hydrogen-bond donors (Lipinski definition) is 0. The van der Waals surface area contributed by atoms with Crippen LogP contribution in [0.5, 0.6) is 0 Å². The van der Waals surface area contributed by atoms with Crippen molar-refractivity contribution in [2.45, 2.75) is 57.8 Å². The minimum Gasteiger partial charge on any atom is -0.302 e. The molecule has 0 radical (unpaired) electrons. The molecular formula is C21H42N4. The van der Waals surface area contributed by atoms with Gasteiger partial charge in [0.05, 0.1) is 0 Å². The zero-order chi connectivity index (χ0) is 17.2. The summed E-state index contributed by atoms with van der Waals surface area (Å²) < 4.78 is 0. The molecule has 146 valence electrons. The summed E-state index contributed by atoms with van der Waals surface area (Å²) >= 11 is 0. The highest BCUT2D eigenvalue weighted by molar-refractivity contribution is 4.73. The fourth-order valence-corrected chi connectivity index (χ4v) is 4.73. The molecule has 0 aromatic heterocycles. The lowest BCUT2D eigenvalue weighted by molar-refractivity contribution is 0.135. The monoisotopic (exact) mass is 350 g/mol. The lowest BCUT2D eigenvalue weighted by Crippen LogP contribution is -2.45. The molecule has 3 aliphatic rings. The topological polar surface area (TPSA) is 13.0 Å². The Labute approximate surface area is 156 Å². The molecule has 0 spiro atoms. The van der Waals surface area contributed by atoms with Crippen molar-refractivity contribution in [2.24, 2.45) is 0 Å². The highest BCUT2D eigenvalue weighted by atomic mass is 15.2. The van der Waals surface area contributed by atoms with Gasteiger partial charge in [-0.2, -0.15) is 0 Å². The van der Waals surface area contributed by atoms with Crippen molar-refractivity contribution in [3.05, 3.63) is 0 Å². The van der Waals surface area contributed by atoms with Gasteiger partial charge >= 0.3 is 0 Å². The SMILES string of the molecule is C1CCN(CCN(CCN2CCCCC2)CCN2CCCCC2)CC1. The average molecular weight is 351 g/mol. The van der Waals surface area contributed by atoms with Gasteiger partial charge in [-0.15, -0.1) is 0 Å². The van der Waals surface area contributed by atoms with Crippen molar-refractivity contribution in [3.8, 4) is 0 Å². The Balaban J connectivity index is 1.39. The van der Waals surface area contributed by atoms with E-state index in [1.807, 2.05) is 0 Å². The second kappa shape index (κ2) is 11.5. The van der Waals surface area contributed by atoms with Crippen LogP contribution in [0.1, 0.15) is 57.8 Å². The molecule has 0 unspecified atom stereocenters. The molecule has 3 fully saturated rings. The van der Waals surface area contributed by atoms with E-state index in [-0.39, 0.29) is 0 Å². The molecule has 0 saturated carbocycles. The average Bonchev–Trinajstić information content (AvgIpc) is 2.70. The van der Waals surface area contributed by atoms with Gasteiger partial charge in [0.1, 0.15) is 0 Å². The molecule has 4 nitrogen and oxygen atoms in total. The van der Waals surface area contributed by atoms with Gasteiger partial charge in [0.25, 0.3) is 0 Å². The van der Waals surface area contributed by atoms with Crippen molar-refractivity contribution in [3.63, 3.8) is 0 Å². The van der Waals surface area contributed by atoms with Gasteiger partial charge in [-0.25, -0.2) is 0 Å². The first kappa shape index (κ1) is 19.6. The molecular weight excluding hydrogens is 308 g/mol. The van der Waals surface area contributed by atoms with Crippen LogP contribution in [0.2, 0.25) is 0 Å². The molecule has 0 aromatic rings. The fourth-order valence-electron chi connectivity index (χ4n) is 4.73. The number of nitrogens with zero attached hydrogens (tertiary/aromatic N) is 4. The van der Waals surface area contributed by atoms with Gasteiger partial charge < -0.3 is 14.7 Å². The Morgan fingerprint density at radius 3 is 0.960 bits per heavy atom. The standard InChI is InChI=1S/C21H42N4/c1-4-10-22(11-5-1)16-19-25(20-17-23-12-6-2-7-13-23)21-18-24-14-8-3-9-15-24/h1-21H2. The largest absolute Gasteiger partial charge is 0.302 e. The molecule has 3 saturated heterocycles. The van der Waals surface area contributed by atoms with Gasteiger partial charge in [-0.05, 0) is 77.8 Å². The lowest BCUT2D eigenvalue weighted by Gasteiger charge is -2.34. The van der Waals surface area contributed by atoms with Crippen molar-refractivity contribution >= 4 is 0 Å². The predicted molar refractivity (Wildman–Crippen MR) is 107 cm³/mol. The molecule has 3 aliphatic heterocycles. The Morgan fingerprint density at radius 2 is 0.680 bits per heavy atom. The molecule has 0 aromatic carbocycles. The molecule has 4 heteroatoms. The summed E-state index contributed by atoms with van der Waals surface area (Å²) in [4.78, 5) is 10.9. The van der Waals surface area contributed by atoms with Crippen molar-refractivity contribution in [1.82, 2.24) is 19.6 Å². The van der Waals surface area contributed by atoms with Crippen molar-refractivity contribution in [2.75, 3.05) is 78.5 Å². The van der Waals surface area contributed by atoms with E-state index in [0.717, 1.165) is 0 Å². The van der Waals surface area contributed by atoms with Crippen molar-refractivity contribution < 1.29 is 0 Å². The maximum atomic E-state index is 2.78. The molecule has 0 atom stereocenters. The number of rotatable bonds is 9. The minimum absolute atomic E-state index is 1.28. The van der Waals surface area contributed by atoms with Gasteiger partial charge in [-0.3, -0.25) is 4.90 Å². The Morgan fingerprint density at radius 1 is 0.400 bits per heavy atom. The highest BCUT2D eigenvalue weighted by Crippen LogP contribution is 2.11. The van der Waals surface area contributed by atoms with Gasteiger partial charge in [-0.1, -0.05) is 19.3 Å². The third-order valence-corrected chi connectivity index (χ3v) is 6.54. The second-order valence-corrected chi connectivity index (χ2v) is 8.55. The van der Waals surface area contributed by atoms with Crippen LogP contribution in [0.25, 0.3) is 0 Å². The maximum Gasteiger partial charge on any atom is 0.0110 e. The Bertz CT molecular complexity index is 278. The summed E-state index contributed by atoms with van der Waals surface area (Å²) in [7, 11) is 0. The number of hydrogen-bond acceptors (Lipinski definition) is 4. The molecule has 0 N–H and O–H groups in total. The number of piperidine rings is 3. The quantitative estimate of drug-likeness (QED) is 0.634. The van der Waals surface area contributed by atoms with E-state index >= 15 is 0 Å². The van der Waals surface area contributed by atoms with Crippen LogP contribution in [0, 0.1) is 0 Å². The van der Waals surface area contributed by atoms with E-state index in [2.05, 4.69) is 19.6 Å². The van der Waals surface area contributed by atoms with Crippen LogP contribution < -0.4 is 0 Å². The second-order valence-electron chi connectivity index (χ2n) is 8.55. The smallest absolute Gasteiger partial charge is 0.0110 e. The van der Waals surface area contributed by atoms with E-state index in [0.29, 0.717) is 0 Å². The van der Waals surface area contributed by atoms with Gasteiger partial charge in [0.2, 0.25) is 0 Å². The van der Waals surface area contributed by atoms with E-state index in [4.69, 9.17) is 0 Å². The van der Waals surface area contributed by atoms with Crippen LogP contribution in [-0.2, 0) is 0 Å². The van der Waals surface area contributed by atoms with Crippen LogP contribution in [0.3, 0.4) is 0 Å². The first-order valence-electron chi connectivity index (χ1n) is 11.3. The van der Waals surface area contributed by atoms with E-state index in [9.17, 15) is 0 Å². The summed E-state index contributed by atoms with van der Waals surface area (Å²) in [5.74, 6) is 0. The van der Waals surface area contributed by atoms with Crippen LogP contribution >= 0.6 is 0 Å². The highest BCUT2D eigenvalue weighted by Gasteiger charge is 2.16. The molecule has 0 amide bonds. The normalized spacial score (nSPS) is 24.8. The minimum atomic E-state index is 1.28. The molecule has 0 bridgehead atoms. The summed E-state index contributed by atoms with van der Waals surface area (Å²) in [5.41, 5.74) is 0. The van der Waals surface area contributed by atoms with E-state index in [1.165, 1.54) is 136 Å². The summed E-state index contributed by atoms with van der Waals surface area (Å²) in [6.07, 6.45) is 12.9. The first-order valence-corrected chi connectivity index (χ1v) is 11.3. The molecule has 25 heavy (non-hydrogen) atoms. The van der Waals surface area contributed by atoms with Crippen LogP contribution in [0.15, 0.2) is 0 Å². The predicted octanol–water partition coefficient (Wildman–Crippen LogP) is 2.75. The van der Waals surface area contributed by atoms with Crippen LogP contribution in [-0.4, -0.2) is 98.1 Å². The lowest BCUT2D eigenvalue weighted by atomic mass is 10.1. The molecule has 3 heterocycles. The Hall–Kier alpha value is -0.160. The van der Waals surface area contributed by atoms with E-state index in [1.54, 1.807) is 0 Å². The third-order valence-electron chi connectivity index (χ3n) is 6.54. The summed E-state index contributed by atoms with van der Waals surface area (Å²) in [5, 5.41) is 0.